The zero-order chi connectivity index (χ0) is 19.6. The Morgan fingerprint density at radius 2 is 1.78 bits per heavy atom. The molecule has 0 saturated carbocycles. The molecule has 3 aromatic rings. The number of ketones is 1. The largest absolute Gasteiger partial charge is 0.497 e. The number of rotatable bonds is 5. The molecule has 0 N–H and O–H groups in total. The summed E-state index contributed by atoms with van der Waals surface area (Å²) in [7, 11) is 2.75. The molecule has 0 radical (unpaired) electrons. The number of carbonyl (C=O) groups excluding carboxylic acids is 2. The average molecular weight is 386 g/mol. The van der Waals surface area contributed by atoms with Crippen LogP contribution >= 0.6 is 11.6 Å². The number of halogens is 1. The van der Waals surface area contributed by atoms with Gasteiger partial charge in [-0.3, -0.25) is 4.79 Å². The molecule has 1 aromatic heterocycles. The normalized spacial score (nSPS) is 10.5. The highest BCUT2D eigenvalue weighted by atomic mass is 35.5. The first-order valence-electron chi connectivity index (χ1n) is 7.95. The third kappa shape index (κ3) is 3.54. The van der Waals surface area contributed by atoms with Crippen LogP contribution in [0.25, 0.3) is 5.69 Å². The van der Waals surface area contributed by atoms with Gasteiger partial charge in [0.1, 0.15) is 11.4 Å². The molecule has 0 fully saturated rings. The Balaban J connectivity index is 2.17. The average Bonchev–Trinajstić information content (AvgIpc) is 3.11. The van der Waals surface area contributed by atoms with Crippen molar-refractivity contribution in [2.24, 2.45) is 0 Å². The Morgan fingerprint density at radius 3 is 2.37 bits per heavy atom. The van der Waals surface area contributed by atoms with Gasteiger partial charge in [0.25, 0.3) is 0 Å². The van der Waals surface area contributed by atoms with E-state index < -0.39 is 11.8 Å². The summed E-state index contributed by atoms with van der Waals surface area (Å²) in [6.07, 6.45) is 0. The molecule has 3 rings (SSSR count). The maximum Gasteiger partial charge on any atom is 0.361 e. The van der Waals surface area contributed by atoms with E-state index in [1.54, 1.807) is 42.5 Å². The molecule has 0 aliphatic carbocycles. The van der Waals surface area contributed by atoms with Crippen LogP contribution in [-0.2, 0) is 4.74 Å². The Hall–Kier alpha value is -3.19. The van der Waals surface area contributed by atoms with Crippen LogP contribution in [0.5, 0.6) is 5.75 Å². The number of esters is 1. The van der Waals surface area contributed by atoms with Gasteiger partial charge in [0, 0.05) is 10.6 Å². The van der Waals surface area contributed by atoms with E-state index >= 15 is 0 Å². The second-order valence-electron chi connectivity index (χ2n) is 5.68. The van der Waals surface area contributed by atoms with E-state index in [9.17, 15) is 9.59 Å². The molecule has 0 bridgehead atoms. The zero-order valence-electron chi connectivity index (χ0n) is 14.9. The highest BCUT2D eigenvalue weighted by Gasteiger charge is 2.28. The lowest BCUT2D eigenvalue weighted by Crippen LogP contribution is -2.16. The monoisotopic (exact) mass is 385 g/mol. The lowest BCUT2D eigenvalue weighted by molar-refractivity contribution is 0.0590. The van der Waals surface area contributed by atoms with Crippen molar-refractivity contribution < 1.29 is 19.1 Å². The molecule has 2 aromatic carbocycles. The van der Waals surface area contributed by atoms with Crippen LogP contribution in [0.1, 0.15) is 32.1 Å². The highest BCUT2D eigenvalue weighted by Crippen LogP contribution is 2.23. The molecule has 0 aliphatic heterocycles. The van der Waals surface area contributed by atoms with Gasteiger partial charge < -0.3 is 9.47 Å². The van der Waals surface area contributed by atoms with Crippen LogP contribution < -0.4 is 4.74 Å². The molecule has 0 unspecified atom stereocenters. The summed E-state index contributed by atoms with van der Waals surface area (Å²) >= 11 is 6.01. The molecule has 7 nitrogen and oxygen atoms in total. The van der Waals surface area contributed by atoms with E-state index in [2.05, 4.69) is 10.3 Å². The maximum atomic E-state index is 13.1. The summed E-state index contributed by atoms with van der Waals surface area (Å²) in [5.74, 6) is -0.554. The van der Waals surface area contributed by atoms with E-state index in [4.69, 9.17) is 21.1 Å². The van der Waals surface area contributed by atoms with E-state index in [0.717, 1.165) is 5.56 Å². The van der Waals surface area contributed by atoms with Crippen LogP contribution in [0.15, 0.2) is 42.5 Å². The fraction of sp³-hybridized carbons (Fsp3) is 0.158. The number of methoxy groups -OCH3 is 2. The predicted octanol–water partition coefficient (Wildman–Crippen LogP) is 3.26. The zero-order valence-corrected chi connectivity index (χ0v) is 15.6. The molecule has 0 saturated heterocycles. The van der Waals surface area contributed by atoms with Crippen LogP contribution in [0, 0.1) is 6.92 Å². The molecule has 0 atom stereocenters. The molecule has 27 heavy (non-hydrogen) atoms. The van der Waals surface area contributed by atoms with Crippen molar-refractivity contribution in [1.29, 1.82) is 0 Å². The molecule has 8 heteroatoms. The third-order valence-corrected chi connectivity index (χ3v) is 4.24. The van der Waals surface area contributed by atoms with Crippen molar-refractivity contribution in [2.75, 3.05) is 14.2 Å². The van der Waals surface area contributed by atoms with Gasteiger partial charge >= 0.3 is 5.97 Å². The van der Waals surface area contributed by atoms with Crippen molar-refractivity contribution >= 4 is 23.4 Å². The lowest BCUT2D eigenvalue weighted by atomic mass is 10.1. The van der Waals surface area contributed by atoms with Crippen LogP contribution in [0.3, 0.4) is 0 Å². The van der Waals surface area contributed by atoms with E-state index in [0.29, 0.717) is 22.0 Å². The van der Waals surface area contributed by atoms with Gasteiger partial charge in [-0.25, -0.2) is 9.48 Å². The van der Waals surface area contributed by atoms with Crippen LogP contribution in [-0.4, -0.2) is 41.0 Å². The summed E-state index contributed by atoms with van der Waals surface area (Å²) in [4.78, 5) is 25.3. The van der Waals surface area contributed by atoms with Crippen molar-refractivity contribution in [3.05, 3.63) is 70.0 Å². The second kappa shape index (κ2) is 7.59. The predicted molar refractivity (Wildman–Crippen MR) is 98.9 cm³/mol. The first-order chi connectivity index (χ1) is 13.0. The minimum Gasteiger partial charge on any atom is -0.497 e. The van der Waals surface area contributed by atoms with Crippen molar-refractivity contribution in [2.45, 2.75) is 6.92 Å². The number of nitrogens with zero attached hydrogens (tertiary/aromatic N) is 3. The smallest absolute Gasteiger partial charge is 0.361 e. The van der Waals surface area contributed by atoms with Crippen molar-refractivity contribution in [3.8, 4) is 11.4 Å². The Kier molecular flexibility index (Phi) is 5.23. The summed E-state index contributed by atoms with van der Waals surface area (Å²) in [6, 6.07) is 11.6. The highest BCUT2D eigenvalue weighted by molar-refractivity contribution is 6.30. The third-order valence-electron chi connectivity index (χ3n) is 4.00. The maximum absolute atomic E-state index is 13.1. The summed E-state index contributed by atoms with van der Waals surface area (Å²) in [5, 5.41) is 8.42. The minimum absolute atomic E-state index is 0.0115. The first kappa shape index (κ1) is 18.6. The van der Waals surface area contributed by atoms with Crippen molar-refractivity contribution in [3.63, 3.8) is 0 Å². The Labute approximate surface area is 160 Å². The molecular weight excluding hydrogens is 370 g/mol. The number of hydrogen-bond donors (Lipinski definition) is 0. The number of ether oxygens (including phenoxy) is 2. The lowest BCUT2D eigenvalue weighted by Gasteiger charge is -2.10. The fourth-order valence-electron chi connectivity index (χ4n) is 2.62. The van der Waals surface area contributed by atoms with Crippen LogP contribution in [0.4, 0.5) is 0 Å². The number of aryl methyl sites for hydroxylation is 1. The van der Waals surface area contributed by atoms with Gasteiger partial charge in [-0.2, -0.15) is 0 Å². The SMILES string of the molecule is COC(=O)c1nnn(-c2ccc(Cl)cc2C)c1C(=O)c1ccc(OC)cc1. The van der Waals surface area contributed by atoms with Crippen molar-refractivity contribution in [1.82, 2.24) is 15.0 Å². The number of hydrogen-bond acceptors (Lipinski definition) is 6. The first-order valence-corrected chi connectivity index (χ1v) is 8.33. The quantitative estimate of drug-likeness (QED) is 0.495. The number of carbonyl (C=O) groups is 2. The van der Waals surface area contributed by atoms with Gasteiger partial charge in [0.15, 0.2) is 0 Å². The molecule has 0 aliphatic rings. The topological polar surface area (TPSA) is 83.3 Å². The molecular formula is C19H16ClN3O4. The molecule has 138 valence electrons. The Bertz CT molecular complexity index is 1010. The summed E-state index contributed by atoms with van der Waals surface area (Å²) < 4.78 is 11.2. The van der Waals surface area contributed by atoms with Gasteiger partial charge in [0.2, 0.25) is 11.5 Å². The summed E-state index contributed by atoms with van der Waals surface area (Å²) in [5.41, 5.74) is 1.56. The van der Waals surface area contributed by atoms with Gasteiger partial charge in [-0.05, 0) is 55.0 Å². The minimum atomic E-state index is -0.746. The van der Waals surface area contributed by atoms with Gasteiger partial charge in [-0.15, -0.1) is 5.10 Å². The van der Waals surface area contributed by atoms with E-state index in [1.807, 2.05) is 6.92 Å². The standard InChI is InChI=1S/C19H16ClN3O4/c1-11-10-13(20)6-9-15(11)23-17(16(21-22-23)19(25)27-3)18(24)12-4-7-14(26-2)8-5-12/h4-10H,1-3H3. The number of aromatic nitrogens is 3. The second-order valence-corrected chi connectivity index (χ2v) is 6.11. The molecule has 0 spiro atoms. The van der Waals surface area contributed by atoms with E-state index in [1.165, 1.54) is 18.9 Å². The van der Waals surface area contributed by atoms with E-state index in [-0.39, 0.29) is 11.4 Å². The molecule has 0 amide bonds. The van der Waals surface area contributed by atoms with Gasteiger partial charge in [0.05, 0.1) is 19.9 Å². The summed E-state index contributed by atoms with van der Waals surface area (Å²) in [6.45, 7) is 1.82. The van der Waals surface area contributed by atoms with Gasteiger partial charge in [-0.1, -0.05) is 16.8 Å². The Morgan fingerprint density at radius 1 is 1.07 bits per heavy atom. The molecule has 1 heterocycles. The fourth-order valence-corrected chi connectivity index (χ4v) is 2.85. The number of benzene rings is 2. The van der Waals surface area contributed by atoms with Crippen LogP contribution in [0.2, 0.25) is 5.02 Å².